The lowest BCUT2D eigenvalue weighted by molar-refractivity contribution is -0.384. The SMILES string of the molecule is COc1ccc2oc(-c3ccccc3)c(C(=O)Oc3ccc4c(c3)OC(=Cc3ccc([N+](=O)[O-])cc3)C4=O)c2c1. The fraction of sp³-hybridized carbons (Fsp3) is 0.0323. The summed E-state index contributed by atoms with van der Waals surface area (Å²) in [6, 6.07) is 24.6. The Kier molecular flexibility index (Phi) is 6.08. The Morgan fingerprint density at radius 1 is 0.925 bits per heavy atom. The molecule has 0 aliphatic carbocycles. The van der Waals surface area contributed by atoms with E-state index in [1.165, 1.54) is 55.7 Å². The van der Waals surface area contributed by atoms with Gasteiger partial charge in [0.1, 0.15) is 34.2 Å². The minimum Gasteiger partial charge on any atom is -0.497 e. The predicted octanol–water partition coefficient (Wildman–Crippen LogP) is 6.85. The van der Waals surface area contributed by atoms with Crippen LogP contribution < -0.4 is 14.2 Å². The van der Waals surface area contributed by atoms with E-state index in [1.54, 1.807) is 18.2 Å². The monoisotopic (exact) mass is 533 g/mol. The molecular formula is C31H19NO8. The summed E-state index contributed by atoms with van der Waals surface area (Å²) in [5.41, 5.74) is 2.23. The highest BCUT2D eigenvalue weighted by atomic mass is 16.6. The minimum absolute atomic E-state index is 0.0478. The number of nitrogens with zero attached hydrogens (tertiary/aromatic N) is 1. The molecule has 1 aromatic heterocycles. The number of allylic oxidation sites excluding steroid dienone is 1. The highest BCUT2D eigenvalue weighted by Gasteiger charge is 2.29. The molecule has 2 heterocycles. The van der Waals surface area contributed by atoms with Gasteiger partial charge in [-0.05, 0) is 54.1 Å². The third kappa shape index (κ3) is 4.45. The van der Waals surface area contributed by atoms with Crippen molar-refractivity contribution in [1.82, 2.24) is 0 Å². The Balaban J connectivity index is 1.30. The zero-order valence-electron chi connectivity index (χ0n) is 21.0. The van der Waals surface area contributed by atoms with Crippen LogP contribution in [-0.4, -0.2) is 23.8 Å². The number of hydrogen-bond acceptors (Lipinski definition) is 8. The molecule has 0 N–H and O–H groups in total. The summed E-state index contributed by atoms with van der Waals surface area (Å²) in [6.07, 6.45) is 1.49. The van der Waals surface area contributed by atoms with Gasteiger partial charge in [-0.1, -0.05) is 30.3 Å². The van der Waals surface area contributed by atoms with Gasteiger partial charge in [0, 0.05) is 29.1 Å². The number of methoxy groups -OCH3 is 1. The van der Waals surface area contributed by atoms with Crippen molar-refractivity contribution in [2.24, 2.45) is 0 Å². The van der Waals surface area contributed by atoms with Crippen LogP contribution in [0.5, 0.6) is 17.2 Å². The van der Waals surface area contributed by atoms with Crippen LogP contribution in [0.2, 0.25) is 0 Å². The number of ether oxygens (including phenoxy) is 3. The summed E-state index contributed by atoms with van der Waals surface area (Å²) in [6.45, 7) is 0. The molecule has 0 unspecified atom stereocenters. The van der Waals surface area contributed by atoms with E-state index in [4.69, 9.17) is 18.6 Å². The number of nitro benzene ring substituents is 1. The first-order valence-electron chi connectivity index (χ1n) is 12.1. The average Bonchev–Trinajstić information content (AvgIpc) is 3.50. The van der Waals surface area contributed by atoms with E-state index < -0.39 is 10.9 Å². The normalized spacial score (nSPS) is 13.2. The topological polar surface area (TPSA) is 118 Å². The Morgan fingerprint density at radius 3 is 2.40 bits per heavy atom. The van der Waals surface area contributed by atoms with Crippen LogP contribution in [-0.2, 0) is 0 Å². The average molecular weight is 533 g/mol. The van der Waals surface area contributed by atoms with Crippen LogP contribution in [0.25, 0.3) is 28.4 Å². The number of benzene rings is 4. The highest BCUT2D eigenvalue weighted by molar-refractivity contribution is 6.15. The van der Waals surface area contributed by atoms with Gasteiger partial charge >= 0.3 is 5.97 Å². The van der Waals surface area contributed by atoms with E-state index in [-0.39, 0.29) is 34.3 Å². The van der Waals surface area contributed by atoms with Crippen molar-refractivity contribution in [3.63, 3.8) is 0 Å². The maximum Gasteiger partial charge on any atom is 0.348 e. The molecular weight excluding hydrogens is 514 g/mol. The molecule has 9 heteroatoms. The van der Waals surface area contributed by atoms with Crippen LogP contribution in [0.1, 0.15) is 26.3 Å². The second-order valence-corrected chi connectivity index (χ2v) is 8.87. The Bertz CT molecular complexity index is 1840. The van der Waals surface area contributed by atoms with E-state index in [0.717, 1.165) is 0 Å². The van der Waals surface area contributed by atoms with Crippen molar-refractivity contribution in [2.45, 2.75) is 0 Å². The van der Waals surface area contributed by atoms with Gasteiger partial charge in [0.05, 0.1) is 17.6 Å². The molecule has 40 heavy (non-hydrogen) atoms. The number of rotatable bonds is 6. The smallest absolute Gasteiger partial charge is 0.348 e. The molecule has 0 radical (unpaired) electrons. The minimum atomic E-state index is -0.656. The summed E-state index contributed by atoms with van der Waals surface area (Å²) < 4.78 is 22.9. The van der Waals surface area contributed by atoms with Crippen LogP contribution in [0.3, 0.4) is 0 Å². The zero-order valence-corrected chi connectivity index (χ0v) is 21.0. The number of furan rings is 1. The maximum atomic E-state index is 13.5. The van der Waals surface area contributed by atoms with E-state index >= 15 is 0 Å². The maximum absolute atomic E-state index is 13.5. The third-order valence-electron chi connectivity index (χ3n) is 6.39. The standard InChI is InChI=1S/C31H19NO8/c1-37-21-12-14-25-24(16-21)28(30(40-25)19-5-3-2-4-6-19)31(34)38-22-11-13-23-26(17-22)39-27(29(23)33)15-18-7-9-20(10-8-18)32(35)36/h2-17H,1H3. The molecule has 1 aliphatic heterocycles. The lowest BCUT2D eigenvalue weighted by Crippen LogP contribution is -2.09. The van der Waals surface area contributed by atoms with Gasteiger partial charge in [0.25, 0.3) is 5.69 Å². The second kappa shape index (κ2) is 9.88. The van der Waals surface area contributed by atoms with Gasteiger partial charge in [0.2, 0.25) is 5.78 Å². The predicted molar refractivity (Wildman–Crippen MR) is 146 cm³/mol. The molecule has 0 amide bonds. The number of ketones is 1. The first-order valence-corrected chi connectivity index (χ1v) is 12.1. The van der Waals surface area contributed by atoms with E-state index in [0.29, 0.717) is 39.2 Å². The first kappa shape index (κ1) is 24.6. The van der Waals surface area contributed by atoms with E-state index in [1.807, 2.05) is 30.3 Å². The number of hydrogen-bond donors (Lipinski definition) is 0. The molecule has 0 saturated heterocycles. The number of esters is 1. The number of carbonyl (C=O) groups is 2. The van der Waals surface area contributed by atoms with Crippen LogP contribution in [0.15, 0.2) is 101 Å². The molecule has 4 aromatic carbocycles. The molecule has 1 aliphatic rings. The molecule has 0 saturated carbocycles. The number of Topliss-reactive ketones (excluding diaryl/α,β-unsaturated/α-hetero) is 1. The van der Waals surface area contributed by atoms with Gasteiger partial charge in [-0.3, -0.25) is 14.9 Å². The van der Waals surface area contributed by atoms with E-state index in [9.17, 15) is 19.7 Å². The molecule has 0 spiro atoms. The van der Waals surface area contributed by atoms with Crippen LogP contribution in [0, 0.1) is 10.1 Å². The van der Waals surface area contributed by atoms with Crippen LogP contribution in [0.4, 0.5) is 5.69 Å². The van der Waals surface area contributed by atoms with Crippen molar-refractivity contribution in [1.29, 1.82) is 0 Å². The zero-order chi connectivity index (χ0) is 27.8. The number of fused-ring (bicyclic) bond motifs is 2. The largest absolute Gasteiger partial charge is 0.497 e. The van der Waals surface area contributed by atoms with Crippen molar-refractivity contribution in [3.05, 3.63) is 124 Å². The summed E-state index contributed by atoms with van der Waals surface area (Å²) >= 11 is 0. The molecule has 0 bridgehead atoms. The fourth-order valence-corrected chi connectivity index (χ4v) is 4.43. The molecule has 0 atom stereocenters. The molecule has 5 aromatic rings. The lowest BCUT2D eigenvalue weighted by Gasteiger charge is -2.07. The Labute approximate surface area is 227 Å². The van der Waals surface area contributed by atoms with Crippen molar-refractivity contribution in [3.8, 4) is 28.6 Å². The van der Waals surface area contributed by atoms with E-state index in [2.05, 4.69) is 0 Å². The quantitative estimate of drug-likeness (QED) is 0.0764. The van der Waals surface area contributed by atoms with Gasteiger partial charge in [0.15, 0.2) is 5.76 Å². The van der Waals surface area contributed by atoms with Gasteiger partial charge in [-0.15, -0.1) is 0 Å². The summed E-state index contributed by atoms with van der Waals surface area (Å²) in [4.78, 5) is 36.8. The van der Waals surface area contributed by atoms with Gasteiger partial charge < -0.3 is 18.6 Å². The Morgan fingerprint density at radius 2 is 1.68 bits per heavy atom. The number of nitro groups is 1. The fourth-order valence-electron chi connectivity index (χ4n) is 4.43. The third-order valence-corrected chi connectivity index (χ3v) is 6.39. The van der Waals surface area contributed by atoms with Crippen molar-refractivity contribution < 1.29 is 33.1 Å². The lowest BCUT2D eigenvalue weighted by atomic mass is 10.1. The second-order valence-electron chi connectivity index (χ2n) is 8.87. The molecule has 0 fully saturated rings. The first-order chi connectivity index (χ1) is 19.4. The van der Waals surface area contributed by atoms with Gasteiger partial charge in [-0.25, -0.2) is 4.79 Å². The Hall–Kier alpha value is -5.70. The van der Waals surface area contributed by atoms with Gasteiger partial charge in [-0.2, -0.15) is 0 Å². The number of non-ortho nitro benzene ring substituents is 1. The summed E-state index contributed by atoms with van der Waals surface area (Å²) in [5.74, 6) is 0.345. The van der Waals surface area contributed by atoms with Crippen molar-refractivity contribution in [2.75, 3.05) is 7.11 Å². The highest BCUT2D eigenvalue weighted by Crippen LogP contribution is 2.38. The molecule has 196 valence electrons. The summed E-state index contributed by atoms with van der Waals surface area (Å²) in [7, 11) is 1.54. The number of carbonyl (C=O) groups excluding carboxylic acids is 2. The van der Waals surface area contributed by atoms with Crippen molar-refractivity contribution >= 4 is 34.5 Å². The summed E-state index contributed by atoms with van der Waals surface area (Å²) in [5, 5.41) is 11.4. The van der Waals surface area contributed by atoms with Crippen LogP contribution >= 0.6 is 0 Å². The molecule has 6 rings (SSSR count). The molecule has 9 nitrogen and oxygen atoms in total.